The quantitative estimate of drug-likeness (QED) is 0.827. The maximum Gasteiger partial charge on any atom is 0.152 e. The van der Waals surface area contributed by atoms with Gasteiger partial charge in [0.1, 0.15) is 11.5 Å². The lowest BCUT2D eigenvalue weighted by molar-refractivity contribution is 0.574. The minimum atomic E-state index is -0.527. The van der Waals surface area contributed by atoms with Gasteiger partial charge in [-0.3, -0.25) is 0 Å². The van der Waals surface area contributed by atoms with Crippen LogP contribution >= 0.6 is 0 Å². The average Bonchev–Trinajstić information content (AvgIpc) is 2.77. The fourth-order valence-corrected chi connectivity index (χ4v) is 1.97. The Bertz CT molecular complexity index is 374. The van der Waals surface area contributed by atoms with Gasteiger partial charge in [-0.1, -0.05) is 6.07 Å². The molecule has 2 N–H and O–H groups in total. The maximum atomic E-state index is 13.6. The van der Waals surface area contributed by atoms with Crippen molar-refractivity contribution in [1.29, 1.82) is 0 Å². The van der Waals surface area contributed by atoms with Gasteiger partial charge in [0.2, 0.25) is 0 Å². The number of nitrogens with one attached hydrogen (secondary N) is 2. The first kappa shape index (κ1) is 11.3. The molecule has 1 saturated heterocycles. The Kier molecular flexibility index (Phi) is 3.39. The van der Waals surface area contributed by atoms with Crippen LogP contribution in [0.25, 0.3) is 0 Å². The van der Waals surface area contributed by atoms with Crippen molar-refractivity contribution >= 4 is 5.69 Å². The molecule has 0 amide bonds. The Morgan fingerprint density at radius 3 is 2.94 bits per heavy atom. The summed E-state index contributed by atoms with van der Waals surface area (Å²) in [5, 5.41) is 6.12. The number of hydrogen-bond donors (Lipinski definition) is 2. The van der Waals surface area contributed by atoms with E-state index in [4.69, 9.17) is 0 Å². The van der Waals surface area contributed by atoms with E-state index >= 15 is 0 Å². The molecule has 0 aromatic heterocycles. The molecule has 1 atom stereocenters. The number of rotatable bonds is 3. The van der Waals surface area contributed by atoms with E-state index in [1.54, 1.807) is 6.92 Å². The SMILES string of the molecule is Cc1ccc(F)c(NCC2CCCN2)c1F. The highest BCUT2D eigenvalue weighted by Gasteiger charge is 2.16. The Labute approximate surface area is 94.0 Å². The summed E-state index contributed by atoms with van der Waals surface area (Å²) in [5.74, 6) is -1.01. The lowest BCUT2D eigenvalue weighted by atomic mass is 10.2. The standard InChI is InChI=1S/C12H16F2N2/c1-8-4-5-10(13)12(11(8)14)16-7-9-3-2-6-15-9/h4-5,9,15-16H,2-3,6-7H2,1H3. The molecule has 2 nitrogen and oxygen atoms in total. The molecule has 88 valence electrons. The van der Waals surface area contributed by atoms with Crippen LogP contribution in [0.3, 0.4) is 0 Å². The van der Waals surface area contributed by atoms with Crippen LogP contribution in [0.1, 0.15) is 18.4 Å². The minimum Gasteiger partial charge on any atom is -0.379 e. The van der Waals surface area contributed by atoms with Crippen LogP contribution in [0.2, 0.25) is 0 Å². The molecule has 4 heteroatoms. The second-order valence-corrected chi connectivity index (χ2v) is 4.23. The Hall–Kier alpha value is -1.16. The van der Waals surface area contributed by atoms with Gasteiger partial charge in [-0.2, -0.15) is 0 Å². The molecule has 0 radical (unpaired) electrons. The maximum absolute atomic E-state index is 13.6. The second-order valence-electron chi connectivity index (χ2n) is 4.23. The van der Waals surface area contributed by atoms with Crippen LogP contribution < -0.4 is 10.6 Å². The molecule has 1 heterocycles. The normalized spacial score (nSPS) is 20.1. The Balaban J connectivity index is 2.05. The molecule has 1 unspecified atom stereocenters. The molecule has 0 spiro atoms. The molecule has 1 aliphatic heterocycles. The summed E-state index contributed by atoms with van der Waals surface area (Å²) in [4.78, 5) is 0. The first-order valence-corrected chi connectivity index (χ1v) is 5.60. The van der Waals surface area contributed by atoms with E-state index < -0.39 is 11.6 Å². The topological polar surface area (TPSA) is 24.1 Å². The van der Waals surface area contributed by atoms with Crippen molar-refractivity contribution in [3.05, 3.63) is 29.3 Å². The van der Waals surface area contributed by atoms with Crippen molar-refractivity contribution in [2.45, 2.75) is 25.8 Å². The third kappa shape index (κ3) is 2.32. The van der Waals surface area contributed by atoms with Crippen LogP contribution in [0.4, 0.5) is 14.5 Å². The molecule has 1 aromatic carbocycles. The zero-order valence-corrected chi connectivity index (χ0v) is 9.32. The van der Waals surface area contributed by atoms with Crippen molar-refractivity contribution in [3.8, 4) is 0 Å². The van der Waals surface area contributed by atoms with Gasteiger partial charge < -0.3 is 10.6 Å². The largest absolute Gasteiger partial charge is 0.379 e. The summed E-state index contributed by atoms with van der Waals surface area (Å²) in [5.41, 5.74) is 0.456. The van der Waals surface area contributed by atoms with Crippen LogP contribution in [-0.4, -0.2) is 19.1 Å². The summed E-state index contributed by atoms with van der Waals surface area (Å²) >= 11 is 0. The highest BCUT2D eigenvalue weighted by Crippen LogP contribution is 2.21. The number of aryl methyl sites for hydroxylation is 1. The van der Waals surface area contributed by atoms with E-state index in [1.165, 1.54) is 12.1 Å². The van der Waals surface area contributed by atoms with Gasteiger partial charge in [0.15, 0.2) is 5.82 Å². The van der Waals surface area contributed by atoms with Gasteiger partial charge in [-0.15, -0.1) is 0 Å². The lowest BCUT2D eigenvalue weighted by Gasteiger charge is -2.14. The van der Waals surface area contributed by atoms with E-state index in [0.29, 0.717) is 18.2 Å². The van der Waals surface area contributed by atoms with Crippen molar-refractivity contribution in [3.63, 3.8) is 0 Å². The van der Waals surface area contributed by atoms with E-state index in [-0.39, 0.29) is 5.69 Å². The molecule has 0 bridgehead atoms. The third-order valence-electron chi connectivity index (χ3n) is 2.97. The number of benzene rings is 1. The fourth-order valence-electron chi connectivity index (χ4n) is 1.97. The molecule has 1 aliphatic rings. The highest BCUT2D eigenvalue weighted by atomic mass is 19.1. The van der Waals surface area contributed by atoms with E-state index in [9.17, 15) is 8.78 Å². The summed E-state index contributed by atoms with van der Waals surface area (Å²) < 4.78 is 27.0. The van der Waals surface area contributed by atoms with E-state index in [0.717, 1.165) is 19.4 Å². The van der Waals surface area contributed by atoms with Crippen LogP contribution in [0.5, 0.6) is 0 Å². The molecular formula is C12H16F2N2. The summed E-state index contributed by atoms with van der Waals surface area (Å²) in [7, 11) is 0. The second kappa shape index (κ2) is 4.78. The predicted octanol–water partition coefficient (Wildman–Crippen LogP) is 2.44. The van der Waals surface area contributed by atoms with E-state index in [2.05, 4.69) is 10.6 Å². The van der Waals surface area contributed by atoms with Gasteiger partial charge in [-0.25, -0.2) is 8.78 Å². The lowest BCUT2D eigenvalue weighted by Crippen LogP contribution is -2.29. The summed E-state index contributed by atoms with van der Waals surface area (Å²) in [6, 6.07) is 3.06. The predicted molar refractivity (Wildman–Crippen MR) is 60.6 cm³/mol. The highest BCUT2D eigenvalue weighted by molar-refractivity contribution is 5.49. The van der Waals surface area contributed by atoms with Crippen LogP contribution in [-0.2, 0) is 0 Å². The zero-order chi connectivity index (χ0) is 11.5. The average molecular weight is 226 g/mol. The molecule has 16 heavy (non-hydrogen) atoms. The van der Waals surface area contributed by atoms with Gasteiger partial charge in [0, 0.05) is 12.6 Å². The monoisotopic (exact) mass is 226 g/mol. The van der Waals surface area contributed by atoms with Crippen molar-refractivity contribution in [2.24, 2.45) is 0 Å². The first-order valence-electron chi connectivity index (χ1n) is 5.60. The molecule has 1 aromatic rings. The van der Waals surface area contributed by atoms with Crippen LogP contribution in [0.15, 0.2) is 12.1 Å². The van der Waals surface area contributed by atoms with E-state index in [1.807, 2.05) is 0 Å². The van der Waals surface area contributed by atoms with Crippen molar-refractivity contribution in [1.82, 2.24) is 5.32 Å². The molecule has 1 fully saturated rings. The van der Waals surface area contributed by atoms with Crippen molar-refractivity contribution in [2.75, 3.05) is 18.4 Å². The fraction of sp³-hybridized carbons (Fsp3) is 0.500. The van der Waals surface area contributed by atoms with Gasteiger partial charge in [-0.05, 0) is 37.9 Å². The number of halogens is 2. The number of hydrogen-bond acceptors (Lipinski definition) is 2. The molecule has 0 aliphatic carbocycles. The molecule has 0 saturated carbocycles. The first-order chi connectivity index (χ1) is 7.68. The van der Waals surface area contributed by atoms with Crippen LogP contribution in [0, 0.1) is 18.6 Å². The molecular weight excluding hydrogens is 210 g/mol. The minimum absolute atomic E-state index is 0.00583. The zero-order valence-electron chi connectivity index (χ0n) is 9.32. The van der Waals surface area contributed by atoms with Gasteiger partial charge >= 0.3 is 0 Å². The smallest absolute Gasteiger partial charge is 0.152 e. The molecule has 2 rings (SSSR count). The van der Waals surface area contributed by atoms with Crippen molar-refractivity contribution < 1.29 is 8.78 Å². The Morgan fingerprint density at radius 1 is 1.44 bits per heavy atom. The number of anilines is 1. The van der Waals surface area contributed by atoms with Gasteiger partial charge in [0.25, 0.3) is 0 Å². The Morgan fingerprint density at radius 2 is 2.25 bits per heavy atom. The summed E-state index contributed by atoms with van der Waals surface area (Å²) in [6.45, 7) is 3.19. The third-order valence-corrected chi connectivity index (χ3v) is 2.97. The van der Waals surface area contributed by atoms with Gasteiger partial charge in [0.05, 0.1) is 0 Å². The summed E-state index contributed by atoms with van der Waals surface area (Å²) in [6.07, 6.45) is 2.19.